The van der Waals surface area contributed by atoms with Gasteiger partial charge in [0, 0.05) is 25.2 Å². The lowest BCUT2D eigenvalue weighted by molar-refractivity contribution is 0.0437. The van der Waals surface area contributed by atoms with Gasteiger partial charge in [-0.1, -0.05) is 6.07 Å². The monoisotopic (exact) mass is 390 g/mol. The van der Waals surface area contributed by atoms with Crippen LogP contribution in [-0.2, 0) is 5.60 Å². The molecule has 0 aliphatic carbocycles. The maximum absolute atomic E-state index is 13.6. The van der Waals surface area contributed by atoms with Gasteiger partial charge in [0.2, 0.25) is 0 Å². The quantitative estimate of drug-likeness (QED) is 0.314. The second-order valence-corrected chi connectivity index (χ2v) is 6.59. The van der Waals surface area contributed by atoms with Crippen molar-refractivity contribution in [1.29, 1.82) is 0 Å². The number of aryl methyl sites for hydroxylation is 1. The molecule has 1 amide bonds. The van der Waals surface area contributed by atoms with Crippen molar-refractivity contribution in [1.82, 2.24) is 16.0 Å². The van der Waals surface area contributed by atoms with E-state index >= 15 is 0 Å². The van der Waals surface area contributed by atoms with E-state index in [9.17, 15) is 14.3 Å². The van der Waals surface area contributed by atoms with Gasteiger partial charge < -0.3 is 25.5 Å². The summed E-state index contributed by atoms with van der Waals surface area (Å²) in [4.78, 5) is 16.4. The lowest BCUT2D eigenvalue weighted by Crippen LogP contribution is -2.42. The zero-order valence-electron chi connectivity index (χ0n) is 16.4. The number of furan rings is 1. The number of carbonyl (C=O) groups excluding carboxylic acids is 1. The van der Waals surface area contributed by atoms with E-state index in [2.05, 4.69) is 20.9 Å². The fourth-order valence-electron chi connectivity index (χ4n) is 2.43. The normalized spacial score (nSPS) is 13.7. The van der Waals surface area contributed by atoms with Crippen molar-refractivity contribution in [2.45, 2.75) is 26.4 Å². The van der Waals surface area contributed by atoms with Crippen LogP contribution < -0.4 is 16.0 Å². The summed E-state index contributed by atoms with van der Waals surface area (Å²) in [6.07, 6.45) is 1.50. The number of guanidine groups is 1. The largest absolute Gasteiger partial charge is 0.466 e. The summed E-state index contributed by atoms with van der Waals surface area (Å²) in [5.74, 6) is 0.189. The molecular formula is C20H27FN4O3. The number of rotatable bonds is 8. The van der Waals surface area contributed by atoms with E-state index in [1.54, 1.807) is 38.1 Å². The van der Waals surface area contributed by atoms with Gasteiger partial charge in [0.05, 0.1) is 12.8 Å². The van der Waals surface area contributed by atoms with Crippen molar-refractivity contribution in [3.05, 3.63) is 59.3 Å². The highest BCUT2D eigenvalue weighted by molar-refractivity contribution is 5.94. The number of nitrogens with one attached hydrogen (secondary N) is 3. The molecule has 28 heavy (non-hydrogen) atoms. The van der Waals surface area contributed by atoms with Crippen LogP contribution in [0.15, 0.2) is 46.0 Å². The summed E-state index contributed by atoms with van der Waals surface area (Å²) in [7, 11) is 0. The Morgan fingerprint density at radius 1 is 1.25 bits per heavy atom. The zero-order chi connectivity index (χ0) is 20.6. The Morgan fingerprint density at radius 2 is 2.00 bits per heavy atom. The smallest absolute Gasteiger partial charge is 0.251 e. The van der Waals surface area contributed by atoms with Crippen molar-refractivity contribution in [3.63, 3.8) is 0 Å². The summed E-state index contributed by atoms with van der Waals surface area (Å²) in [5.41, 5.74) is -0.455. The van der Waals surface area contributed by atoms with E-state index in [0.717, 1.165) is 0 Å². The van der Waals surface area contributed by atoms with E-state index in [-0.39, 0.29) is 18.0 Å². The summed E-state index contributed by atoms with van der Waals surface area (Å²) in [6, 6.07) is 7.78. The third-order valence-electron chi connectivity index (χ3n) is 4.08. The number of halogens is 1. The van der Waals surface area contributed by atoms with Crippen LogP contribution in [0.2, 0.25) is 0 Å². The molecule has 8 heteroatoms. The van der Waals surface area contributed by atoms with Gasteiger partial charge in [-0.3, -0.25) is 4.79 Å². The van der Waals surface area contributed by atoms with Crippen molar-refractivity contribution in [3.8, 4) is 0 Å². The number of aliphatic hydroxyl groups is 1. The first-order chi connectivity index (χ1) is 13.3. The Balaban J connectivity index is 1.84. The van der Waals surface area contributed by atoms with E-state index < -0.39 is 11.4 Å². The molecule has 7 nitrogen and oxygen atoms in total. The molecule has 4 N–H and O–H groups in total. The first-order valence-electron chi connectivity index (χ1n) is 9.16. The molecule has 2 rings (SSSR count). The minimum Gasteiger partial charge on any atom is -0.466 e. The fraction of sp³-hybridized carbons (Fsp3) is 0.400. The van der Waals surface area contributed by atoms with Crippen molar-refractivity contribution in [2.75, 3.05) is 26.2 Å². The van der Waals surface area contributed by atoms with Crippen LogP contribution in [0, 0.1) is 12.7 Å². The third kappa shape index (κ3) is 6.09. The van der Waals surface area contributed by atoms with Crippen molar-refractivity contribution >= 4 is 11.9 Å². The Hall–Kier alpha value is -2.87. The molecule has 152 valence electrons. The van der Waals surface area contributed by atoms with Crippen LogP contribution in [0.1, 0.15) is 35.5 Å². The minimum absolute atomic E-state index is 0.102. The van der Waals surface area contributed by atoms with E-state index in [0.29, 0.717) is 36.9 Å². The Kier molecular flexibility index (Phi) is 7.57. The first-order valence-corrected chi connectivity index (χ1v) is 9.16. The number of carbonyl (C=O) groups is 1. The van der Waals surface area contributed by atoms with Crippen LogP contribution in [-0.4, -0.2) is 43.2 Å². The zero-order valence-corrected chi connectivity index (χ0v) is 16.4. The molecule has 1 aromatic heterocycles. The van der Waals surface area contributed by atoms with Crippen LogP contribution in [0.5, 0.6) is 0 Å². The van der Waals surface area contributed by atoms with Crippen LogP contribution in [0.4, 0.5) is 4.39 Å². The summed E-state index contributed by atoms with van der Waals surface area (Å²) in [5, 5.41) is 19.3. The molecule has 1 unspecified atom stereocenters. The Morgan fingerprint density at radius 3 is 2.64 bits per heavy atom. The SMILES string of the molecule is CCNC(=NCC(C)(O)c1ccco1)NCCNC(=O)c1ccc(C)c(F)c1. The molecule has 2 aromatic rings. The maximum Gasteiger partial charge on any atom is 0.251 e. The fourth-order valence-corrected chi connectivity index (χ4v) is 2.43. The Bertz CT molecular complexity index is 804. The van der Waals surface area contributed by atoms with Crippen LogP contribution >= 0.6 is 0 Å². The highest BCUT2D eigenvalue weighted by Crippen LogP contribution is 2.20. The standard InChI is InChI=1S/C20H27FN4O3/c1-4-22-19(25-13-20(3,27)17-6-5-11-28-17)24-10-9-23-18(26)15-8-7-14(2)16(21)12-15/h5-8,11-12,27H,4,9-10,13H2,1-3H3,(H,23,26)(H2,22,24,25). The number of benzene rings is 1. The van der Waals surface area contributed by atoms with Gasteiger partial charge in [-0.15, -0.1) is 0 Å². The number of amides is 1. The molecule has 0 spiro atoms. The Labute approximate surface area is 164 Å². The molecule has 0 saturated carbocycles. The van der Waals surface area contributed by atoms with Crippen LogP contribution in [0.3, 0.4) is 0 Å². The van der Waals surface area contributed by atoms with E-state index in [1.165, 1.54) is 12.3 Å². The first kappa shape index (κ1) is 21.4. The predicted octanol–water partition coefficient (Wildman–Crippen LogP) is 1.92. The lowest BCUT2D eigenvalue weighted by Gasteiger charge is -2.19. The molecule has 1 heterocycles. The van der Waals surface area contributed by atoms with Gasteiger partial charge in [0.15, 0.2) is 5.96 Å². The number of nitrogens with zero attached hydrogens (tertiary/aromatic N) is 1. The predicted molar refractivity (Wildman–Crippen MR) is 106 cm³/mol. The maximum atomic E-state index is 13.6. The molecule has 1 atom stereocenters. The highest BCUT2D eigenvalue weighted by Gasteiger charge is 2.26. The average molecular weight is 390 g/mol. The molecule has 0 fully saturated rings. The van der Waals surface area contributed by atoms with Gasteiger partial charge >= 0.3 is 0 Å². The molecular weight excluding hydrogens is 363 g/mol. The number of aliphatic imine (C=N–C) groups is 1. The molecule has 0 aliphatic heterocycles. The van der Waals surface area contributed by atoms with Crippen molar-refractivity contribution in [2.24, 2.45) is 4.99 Å². The van der Waals surface area contributed by atoms with Gasteiger partial charge in [0.25, 0.3) is 5.91 Å². The van der Waals surface area contributed by atoms with Gasteiger partial charge in [-0.05, 0) is 50.6 Å². The second-order valence-electron chi connectivity index (χ2n) is 6.59. The summed E-state index contributed by atoms with van der Waals surface area (Å²) < 4.78 is 18.8. The lowest BCUT2D eigenvalue weighted by atomic mass is 10.0. The van der Waals surface area contributed by atoms with E-state index in [4.69, 9.17) is 4.42 Å². The molecule has 0 bridgehead atoms. The summed E-state index contributed by atoms with van der Waals surface area (Å²) >= 11 is 0. The topological polar surface area (TPSA) is 98.9 Å². The van der Waals surface area contributed by atoms with Gasteiger partial charge in [-0.25, -0.2) is 9.38 Å². The highest BCUT2D eigenvalue weighted by atomic mass is 19.1. The molecule has 0 saturated heterocycles. The summed E-state index contributed by atoms with van der Waals surface area (Å²) in [6.45, 7) is 6.68. The number of hydrogen-bond acceptors (Lipinski definition) is 4. The third-order valence-corrected chi connectivity index (χ3v) is 4.08. The van der Waals surface area contributed by atoms with Gasteiger partial charge in [-0.2, -0.15) is 0 Å². The van der Waals surface area contributed by atoms with Crippen LogP contribution in [0.25, 0.3) is 0 Å². The second kappa shape index (κ2) is 9.89. The average Bonchev–Trinajstić information content (AvgIpc) is 3.21. The minimum atomic E-state index is -1.23. The molecule has 1 aromatic carbocycles. The van der Waals surface area contributed by atoms with E-state index in [1.807, 2.05) is 6.92 Å². The van der Waals surface area contributed by atoms with Gasteiger partial charge in [0.1, 0.15) is 17.2 Å². The van der Waals surface area contributed by atoms with Crippen molar-refractivity contribution < 1.29 is 18.7 Å². The molecule has 0 aliphatic rings. The molecule has 0 radical (unpaired) electrons. The number of hydrogen-bond donors (Lipinski definition) is 4.